The summed E-state index contributed by atoms with van der Waals surface area (Å²) in [6.45, 7) is 0.389. The Morgan fingerprint density at radius 2 is 1.83 bits per heavy atom. The van der Waals surface area contributed by atoms with Gasteiger partial charge >= 0.3 is 0 Å². The number of benzene rings is 1. The van der Waals surface area contributed by atoms with Crippen LogP contribution in [0.25, 0.3) is 0 Å². The van der Waals surface area contributed by atoms with Crippen LogP contribution in [0.4, 0.5) is 13.2 Å². The molecule has 1 N–H and O–H groups in total. The van der Waals surface area contributed by atoms with E-state index in [4.69, 9.17) is 0 Å². The molecule has 18 heavy (non-hydrogen) atoms. The van der Waals surface area contributed by atoms with E-state index in [2.05, 4.69) is 15.4 Å². The SMILES string of the molecule is Cn1cnc(CNCc2cc(F)c(F)cc2F)n1. The molecule has 0 bridgehead atoms. The molecule has 0 aliphatic rings. The van der Waals surface area contributed by atoms with E-state index in [0.29, 0.717) is 18.4 Å². The number of aryl methyl sites for hydroxylation is 1. The van der Waals surface area contributed by atoms with Gasteiger partial charge in [-0.05, 0) is 6.07 Å². The van der Waals surface area contributed by atoms with Gasteiger partial charge in [0, 0.05) is 25.2 Å². The first kappa shape index (κ1) is 12.6. The van der Waals surface area contributed by atoms with Crippen LogP contribution >= 0.6 is 0 Å². The van der Waals surface area contributed by atoms with Gasteiger partial charge in [0.05, 0.1) is 6.54 Å². The minimum absolute atomic E-state index is 0.0600. The molecule has 0 amide bonds. The van der Waals surface area contributed by atoms with E-state index < -0.39 is 17.5 Å². The van der Waals surface area contributed by atoms with Gasteiger partial charge in [-0.3, -0.25) is 4.68 Å². The molecule has 2 rings (SSSR count). The fourth-order valence-electron chi connectivity index (χ4n) is 1.47. The summed E-state index contributed by atoms with van der Waals surface area (Å²) in [5.41, 5.74) is 0.0600. The first-order chi connectivity index (χ1) is 8.56. The summed E-state index contributed by atoms with van der Waals surface area (Å²) in [5, 5.41) is 6.86. The molecule has 1 aromatic carbocycles. The average molecular weight is 256 g/mol. The zero-order valence-corrected chi connectivity index (χ0v) is 9.62. The highest BCUT2D eigenvalue weighted by Gasteiger charge is 2.09. The van der Waals surface area contributed by atoms with Crippen molar-refractivity contribution in [2.45, 2.75) is 13.1 Å². The number of rotatable bonds is 4. The molecular weight excluding hydrogens is 245 g/mol. The van der Waals surface area contributed by atoms with Crippen LogP contribution in [-0.2, 0) is 20.1 Å². The Morgan fingerprint density at radius 3 is 2.50 bits per heavy atom. The van der Waals surface area contributed by atoms with Gasteiger partial charge in [0.15, 0.2) is 17.5 Å². The van der Waals surface area contributed by atoms with Crippen molar-refractivity contribution in [1.82, 2.24) is 20.1 Å². The molecule has 1 heterocycles. The number of aromatic nitrogens is 3. The molecular formula is C11H11F3N4. The van der Waals surface area contributed by atoms with Crippen molar-refractivity contribution >= 4 is 0 Å². The first-order valence-corrected chi connectivity index (χ1v) is 5.25. The lowest BCUT2D eigenvalue weighted by Gasteiger charge is -2.05. The standard InChI is InChI=1S/C11H11F3N4/c1-18-6-16-11(17-18)5-15-4-7-2-9(13)10(14)3-8(7)12/h2-3,6,15H,4-5H2,1H3. The minimum Gasteiger partial charge on any atom is -0.306 e. The third-order valence-electron chi connectivity index (χ3n) is 2.33. The second kappa shape index (κ2) is 5.18. The lowest BCUT2D eigenvalue weighted by molar-refractivity contribution is 0.486. The number of hydrogen-bond donors (Lipinski definition) is 1. The van der Waals surface area contributed by atoms with E-state index in [1.54, 1.807) is 7.05 Å². The van der Waals surface area contributed by atoms with Crippen LogP contribution in [0.1, 0.15) is 11.4 Å². The fraction of sp³-hybridized carbons (Fsp3) is 0.273. The molecule has 96 valence electrons. The van der Waals surface area contributed by atoms with Gasteiger partial charge in [-0.25, -0.2) is 18.2 Å². The fourth-order valence-corrected chi connectivity index (χ4v) is 1.47. The summed E-state index contributed by atoms with van der Waals surface area (Å²) in [4.78, 5) is 3.96. The summed E-state index contributed by atoms with van der Waals surface area (Å²) in [7, 11) is 1.73. The van der Waals surface area contributed by atoms with E-state index in [-0.39, 0.29) is 12.1 Å². The Labute approximate surface area is 101 Å². The molecule has 0 aliphatic carbocycles. The topological polar surface area (TPSA) is 42.7 Å². The van der Waals surface area contributed by atoms with Crippen LogP contribution in [0.2, 0.25) is 0 Å². The number of nitrogens with one attached hydrogen (secondary N) is 1. The van der Waals surface area contributed by atoms with Gasteiger partial charge in [-0.1, -0.05) is 0 Å². The smallest absolute Gasteiger partial charge is 0.164 e. The third-order valence-corrected chi connectivity index (χ3v) is 2.33. The molecule has 7 heteroatoms. The monoisotopic (exact) mass is 256 g/mol. The summed E-state index contributed by atoms with van der Waals surface area (Å²) < 4.78 is 40.4. The van der Waals surface area contributed by atoms with E-state index in [1.165, 1.54) is 11.0 Å². The average Bonchev–Trinajstić information content (AvgIpc) is 2.71. The molecule has 0 saturated heterocycles. The zero-order valence-electron chi connectivity index (χ0n) is 9.62. The summed E-state index contributed by atoms with van der Waals surface area (Å²) in [6, 6.07) is 1.37. The summed E-state index contributed by atoms with van der Waals surface area (Å²) in [6.07, 6.45) is 1.54. The summed E-state index contributed by atoms with van der Waals surface area (Å²) >= 11 is 0. The van der Waals surface area contributed by atoms with Crippen LogP contribution in [0.3, 0.4) is 0 Å². The predicted octanol–water partition coefficient (Wildman–Crippen LogP) is 1.52. The van der Waals surface area contributed by atoms with Gasteiger partial charge < -0.3 is 5.32 Å². The highest BCUT2D eigenvalue weighted by atomic mass is 19.2. The Balaban J connectivity index is 1.96. The van der Waals surface area contributed by atoms with Crippen molar-refractivity contribution in [2.75, 3.05) is 0 Å². The third kappa shape index (κ3) is 2.86. The van der Waals surface area contributed by atoms with E-state index in [9.17, 15) is 13.2 Å². The molecule has 2 aromatic rings. The number of hydrogen-bond acceptors (Lipinski definition) is 3. The molecule has 0 radical (unpaired) electrons. The number of nitrogens with zero attached hydrogens (tertiary/aromatic N) is 3. The maximum absolute atomic E-state index is 13.3. The van der Waals surface area contributed by atoms with Crippen LogP contribution in [0.5, 0.6) is 0 Å². The second-order valence-electron chi connectivity index (χ2n) is 3.80. The van der Waals surface area contributed by atoms with E-state index >= 15 is 0 Å². The van der Waals surface area contributed by atoms with Gasteiger partial charge in [0.1, 0.15) is 12.1 Å². The van der Waals surface area contributed by atoms with E-state index in [1.807, 2.05) is 0 Å². The van der Waals surface area contributed by atoms with Gasteiger partial charge in [0.25, 0.3) is 0 Å². The van der Waals surface area contributed by atoms with Crippen molar-refractivity contribution in [2.24, 2.45) is 7.05 Å². The zero-order chi connectivity index (χ0) is 13.1. The molecule has 0 fully saturated rings. The van der Waals surface area contributed by atoms with Gasteiger partial charge in [0.2, 0.25) is 0 Å². The van der Waals surface area contributed by atoms with Crippen molar-refractivity contribution in [1.29, 1.82) is 0 Å². The van der Waals surface area contributed by atoms with Crippen LogP contribution < -0.4 is 5.32 Å². The van der Waals surface area contributed by atoms with Gasteiger partial charge in [-0.15, -0.1) is 0 Å². The van der Waals surface area contributed by atoms with Gasteiger partial charge in [-0.2, -0.15) is 5.10 Å². The Hall–Kier alpha value is -1.89. The van der Waals surface area contributed by atoms with Crippen LogP contribution in [-0.4, -0.2) is 14.8 Å². The van der Waals surface area contributed by atoms with E-state index in [0.717, 1.165) is 6.07 Å². The van der Waals surface area contributed by atoms with Crippen molar-refractivity contribution < 1.29 is 13.2 Å². The second-order valence-corrected chi connectivity index (χ2v) is 3.80. The van der Waals surface area contributed by atoms with Crippen molar-refractivity contribution in [3.05, 3.63) is 47.3 Å². The van der Waals surface area contributed by atoms with Crippen LogP contribution in [0, 0.1) is 17.5 Å². The Bertz CT molecular complexity index is 553. The number of halogens is 3. The van der Waals surface area contributed by atoms with Crippen molar-refractivity contribution in [3.63, 3.8) is 0 Å². The Morgan fingerprint density at radius 1 is 1.11 bits per heavy atom. The highest BCUT2D eigenvalue weighted by molar-refractivity contribution is 5.19. The maximum Gasteiger partial charge on any atom is 0.164 e. The largest absolute Gasteiger partial charge is 0.306 e. The molecule has 0 saturated carbocycles. The quantitative estimate of drug-likeness (QED) is 0.843. The lowest BCUT2D eigenvalue weighted by atomic mass is 10.2. The lowest BCUT2D eigenvalue weighted by Crippen LogP contribution is -2.15. The molecule has 0 aliphatic heterocycles. The van der Waals surface area contributed by atoms with Crippen LogP contribution in [0.15, 0.2) is 18.5 Å². The molecule has 0 spiro atoms. The molecule has 1 aromatic heterocycles. The Kier molecular flexibility index (Phi) is 3.61. The normalized spacial score (nSPS) is 10.9. The predicted molar refractivity (Wildman–Crippen MR) is 57.9 cm³/mol. The molecule has 0 unspecified atom stereocenters. The van der Waals surface area contributed by atoms with Crippen molar-refractivity contribution in [3.8, 4) is 0 Å². The maximum atomic E-state index is 13.3. The molecule has 0 atom stereocenters. The minimum atomic E-state index is -1.19. The highest BCUT2D eigenvalue weighted by Crippen LogP contribution is 2.13. The first-order valence-electron chi connectivity index (χ1n) is 5.25. The summed E-state index contributed by atoms with van der Waals surface area (Å²) in [5.74, 6) is -2.50. The molecule has 4 nitrogen and oxygen atoms in total.